The molecule has 2 fully saturated rings. The summed E-state index contributed by atoms with van der Waals surface area (Å²) in [5, 5.41) is 0. The first-order valence-corrected chi connectivity index (χ1v) is 11.2. The predicted octanol–water partition coefficient (Wildman–Crippen LogP) is 5.19. The molecule has 1 aliphatic heterocycles. The number of halogens is 1. The van der Waals surface area contributed by atoms with Crippen LogP contribution >= 0.6 is 0 Å². The van der Waals surface area contributed by atoms with Gasteiger partial charge in [-0.05, 0) is 94.5 Å². The number of piperidine rings is 1. The van der Waals surface area contributed by atoms with Crippen molar-refractivity contribution in [3.8, 4) is 11.3 Å². The van der Waals surface area contributed by atoms with Crippen molar-refractivity contribution in [3.63, 3.8) is 0 Å². The van der Waals surface area contributed by atoms with Crippen molar-refractivity contribution in [3.05, 3.63) is 41.5 Å². The van der Waals surface area contributed by atoms with Crippen LogP contribution in [-0.4, -0.2) is 34.0 Å². The molecule has 1 saturated heterocycles. The Bertz CT molecular complexity index is 822. The maximum atomic E-state index is 15.7. The molecule has 0 amide bonds. The molecule has 29 heavy (non-hydrogen) atoms. The second kappa shape index (κ2) is 8.78. The molecule has 0 radical (unpaired) electrons. The van der Waals surface area contributed by atoms with Gasteiger partial charge in [0.05, 0.1) is 18.1 Å². The van der Waals surface area contributed by atoms with Crippen molar-refractivity contribution < 1.29 is 4.39 Å². The fourth-order valence-corrected chi connectivity index (χ4v) is 4.77. The van der Waals surface area contributed by atoms with Crippen molar-refractivity contribution in [1.82, 2.24) is 14.9 Å². The minimum Gasteiger partial charge on any atom is -0.382 e. The first-order chi connectivity index (χ1) is 14.0. The minimum absolute atomic E-state index is 0.104. The summed E-state index contributed by atoms with van der Waals surface area (Å²) in [6.45, 7) is 6.88. The van der Waals surface area contributed by atoms with Crippen LogP contribution in [0.1, 0.15) is 69.4 Å². The summed E-state index contributed by atoms with van der Waals surface area (Å²) in [4.78, 5) is 10.9. The summed E-state index contributed by atoms with van der Waals surface area (Å²) in [5.41, 5.74) is 8.89. The molecule has 0 atom stereocenters. The van der Waals surface area contributed by atoms with E-state index in [4.69, 9.17) is 5.73 Å². The van der Waals surface area contributed by atoms with E-state index < -0.39 is 0 Å². The molecule has 1 aliphatic carbocycles. The lowest BCUT2D eigenvalue weighted by Gasteiger charge is -2.35. The van der Waals surface area contributed by atoms with Crippen LogP contribution < -0.4 is 5.73 Å². The van der Waals surface area contributed by atoms with Gasteiger partial charge in [0.2, 0.25) is 0 Å². The van der Waals surface area contributed by atoms with Gasteiger partial charge < -0.3 is 10.6 Å². The summed E-state index contributed by atoms with van der Waals surface area (Å²) in [7, 11) is 0. The maximum absolute atomic E-state index is 15.7. The Kier molecular flexibility index (Phi) is 6.14. The SMILES string of the molecule is CC(C)N1CCC(CCc2c(C3CCC3)ccc(-c3cnc(N)cn3)c2F)CC1. The highest BCUT2D eigenvalue weighted by molar-refractivity contribution is 5.62. The molecular weight excluding hydrogens is 363 g/mol. The van der Waals surface area contributed by atoms with Gasteiger partial charge in [-0.15, -0.1) is 0 Å². The highest BCUT2D eigenvalue weighted by Crippen LogP contribution is 2.41. The molecule has 0 spiro atoms. The van der Waals surface area contributed by atoms with Crippen molar-refractivity contribution in [1.29, 1.82) is 0 Å². The number of aromatic nitrogens is 2. The summed E-state index contributed by atoms with van der Waals surface area (Å²) in [6.07, 6.45) is 11.0. The number of hydrogen-bond acceptors (Lipinski definition) is 4. The van der Waals surface area contributed by atoms with Crippen LogP contribution in [0.15, 0.2) is 24.5 Å². The van der Waals surface area contributed by atoms with Crippen molar-refractivity contribution >= 4 is 5.82 Å². The van der Waals surface area contributed by atoms with E-state index in [1.807, 2.05) is 6.07 Å². The third kappa shape index (κ3) is 4.45. The zero-order chi connectivity index (χ0) is 20.4. The van der Waals surface area contributed by atoms with Crippen molar-refractivity contribution in [2.24, 2.45) is 5.92 Å². The van der Waals surface area contributed by atoms with Gasteiger partial charge in [-0.2, -0.15) is 0 Å². The highest BCUT2D eigenvalue weighted by Gasteiger charge is 2.27. The number of benzene rings is 1. The number of likely N-dealkylation sites (tertiary alicyclic amines) is 1. The van der Waals surface area contributed by atoms with Crippen LogP contribution in [-0.2, 0) is 6.42 Å². The summed E-state index contributed by atoms with van der Waals surface area (Å²) >= 11 is 0. The van der Waals surface area contributed by atoms with Gasteiger partial charge in [-0.25, -0.2) is 9.37 Å². The third-order valence-corrected chi connectivity index (χ3v) is 6.95. The molecule has 1 saturated carbocycles. The van der Waals surface area contributed by atoms with Gasteiger partial charge in [-0.3, -0.25) is 4.98 Å². The van der Waals surface area contributed by atoms with E-state index in [1.165, 1.54) is 57.0 Å². The van der Waals surface area contributed by atoms with E-state index in [1.54, 1.807) is 6.20 Å². The van der Waals surface area contributed by atoms with Crippen LogP contribution in [0, 0.1) is 11.7 Å². The van der Waals surface area contributed by atoms with Crippen LogP contribution in [0.2, 0.25) is 0 Å². The number of anilines is 1. The van der Waals surface area contributed by atoms with E-state index in [9.17, 15) is 0 Å². The Morgan fingerprint density at radius 2 is 1.86 bits per heavy atom. The quantitative estimate of drug-likeness (QED) is 0.730. The molecule has 2 aliphatic rings. The first kappa shape index (κ1) is 20.3. The van der Waals surface area contributed by atoms with E-state index in [-0.39, 0.29) is 5.82 Å². The Morgan fingerprint density at radius 3 is 2.45 bits per heavy atom. The van der Waals surface area contributed by atoms with Crippen LogP contribution in [0.5, 0.6) is 0 Å². The van der Waals surface area contributed by atoms with E-state index in [2.05, 4.69) is 34.8 Å². The summed E-state index contributed by atoms with van der Waals surface area (Å²) in [6, 6.07) is 4.64. The van der Waals surface area contributed by atoms with Gasteiger partial charge in [0.15, 0.2) is 0 Å². The molecule has 2 N–H and O–H groups in total. The Labute approximate surface area is 173 Å². The predicted molar refractivity (Wildman–Crippen MR) is 116 cm³/mol. The monoisotopic (exact) mass is 396 g/mol. The van der Waals surface area contributed by atoms with Crippen LogP contribution in [0.4, 0.5) is 10.2 Å². The molecule has 4 rings (SSSR count). The molecule has 0 bridgehead atoms. The van der Waals surface area contributed by atoms with E-state index >= 15 is 4.39 Å². The number of nitrogens with two attached hydrogens (primary N) is 1. The average molecular weight is 397 g/mol. The third-order valence-electron chi connectivity index (χ3n) is 6.95. The number of nitrogens with zero attached hydrogens (tertiary/aromatic N) is 3. The molecular formula is C24H33FN4. The molecule has 1 aromatic heterocycles. The summed E-state index contributed by atoms with van der Waals surface area (Å²) in [5.74, 6) is 1.47. The number of rotatable bonds is 6. The largest absolute Gasteiger partial charge is 0.382 e. The van der Waals surface area contributed by atoms with Gasteiger partial charge >= 0.3 is 0 Å². The topological polar surface area (TPSA) is 55.0 Å². The van der Waals surface area contributed by atoms with Crippen LogP contribution in [0.3, 0.4) is 0 Å². The smallest absolute Gasteiger partial charge is 0.141 e. The van der Waals surface area contributed by atoms with Gasteiger partial charge in [-0.1, -0.05) is 12.5 Å². The zero-order valence-electron chi connectivity index (χ0n) is 17.7. The Balaban J connectivity index is 1.54. The molecule has 1 aromatic carbocycles. The fraction of sp³-hybridized carbons (Fsp3) is 0.583. The lowest BCUT2D eigenvalue weighted by Crippen LogP contribution is -2.38. The van der Waals surface area contributed by atoms with Gasteiger partial charge in [0.25, 0.3) is 0 Å². The average Bonchev–Trinajstić information content (AvgIpc) is 2.67. The fourth-order valence-electron chi connectivity index (χ4n) is 4.77. The normalized spacial score (nSPS) is 18.9. The maximum Gasteiger partial charge on any atom is 0.141 e. The first-order valence-electron chi connectivity index (χ1n) is 11.2. The van der Waals surface area contributed by atoms with E-state index in [0.717, 1.165) is 18.4 Å². The summed E-state index contributed by atoms with van der Waals surface area (Å²) < 4.78 is 15.7. The van der Waals surface area contributed by atoms with E-state index in [0.29, 0.717) is 35.0 Å². The molecule has 4 nitrogen and oxygen atoms in total. The van der Waals surface area contributed by atoms with Crippen LogP contribution in [0.25, 0.3) is 11.3 Å². The van der Waals surface area contributed by atoms with Gasteiger partial charge in [0, 0.05) is 11.6 Å². The Morgan fingerprint density at radius 1 is 1.10 bits per heavy atom. The lowest BCUT2D eigenvalue weighted by molar-refractivity contribution is 0.145. The second-order valence-electron chi connectivity index (χ2n) is 9.06. The lowest BCUT2D eigenvalue weighted by atomic mass is 9.76. The molecule has 156 valence electrons. The van der Waals surface area contributed by atoms with Crippen molar-refractivity contribution in [2.45, 2.75) is 70.8 Å². The Hall–Kier alpha value is -2.01. The minimum atomic E-state index is -0.104. The number of hydrogen-bond donors (Lipinski definition) is 1. The molecule has 5 heteroatoms. The second-order valence-corrected chi connectivity index (χ2v) is 9.06. The van der Waals surface area contributed by atoms with Gasteiger partial charge in [0.1, 0.15) is 11.6 Å². The molecule has 2 heterocycles. The molecule has 0 unspecified atom stereocenters. The zero-order valence-corrected chi connectivity index (χ0v) is 17.7. The molecule has 2 aromatic rings. The highest BCUT2D eigenvalue weighted by atomic mass is 19.1. The standard InChI is InChI=1S/C24H33FN4/c1-16(2)29-12-10-17(11-13-29)6-7-20-19(18-4-3-5-18)8-9-21(24(20)25)22-14-28-23(26)15-27-22/h8-9,14-18H,3-7,10-13H2,1-2H3,(H2,26,28). The van der Waals surface area contributed by atoms with Crippen molar-refractivity contribution in [2.75, 3.05) is 18.8 Å². The number of nitrogen functional groups attached to an aromatic ring is 1.